The SMILES string of the molecule is CCN(CCOC)C(=O)n1nnn(-c2ccc(Cl)cc2)c1=O. The summed E-state index contributed by atoms with van der Waals surface area (Å²) in [6.07, 6.45) is 0. The van der Waals surface area contributed by atoms with Crippen molar-refractivity contribution in [2.75, 3.05) is 26.8 Å². The van der Waals surface area contributed by atoms with Crippen LogP contribution in [0, 0.1) is 0 Å². The number of ether oxygens (including phenoxy) is 1. The van der Waals surface area contributed by atoms with Crippen LogP contribution >= 0.6 is 11.6 Å². The summed E-state index contributed by atoms with van der Waals surface area (Å²) in [6, 6.07) is 5.96. The second-order valence-electron chi connectivity index (χ2n) is 4.42. The van der Waals surface area contributed by atoms with Crippen molar-refractivity contribution in [2.45, 2.75) is 6.92 Å². The molecule has 0 aliphatic rings. The van der Waals surface area contributed by atoms with E-state index in [1.54, 1.807) is 31.4 Å². The number of methoxy groups -OCH3 is 1. The van der Waals surface area contributed by atoms with E-state index in [0.717, 1.165) is 9.36 Å². The molecule has 0 aliphatic heterocycles. The van der Waals surface area contributed by atoms with Crippen LogP contribution in [0.4, 0.5) is 4.79 Å². The van der Waals surface area contributed by atoms with Crippen molar-refractivity contribution in [3.63, 3.8) is 0 Å². The summed E-state index contributed by atoms with van der Waals surface area (Å²) in [6.45, 7) is 2.98. The summed E-state index contributed by atoms with van der Waals surface area (Å²) in [7, 11) is 1.54. The second-order valence-corrected chi connectivity index (χ2v) is 4.85. The Labute approximate surface area is 131 Å². The van der Waals surface area contributed by atoms with Crippen LogP contribution in [0.1, 0.15) is 6.92 Å². The van der Waals surface area contributed by atoms with Gasteiger partial charge < -0.3 is 9.64 Å². The second kappa shape index (κ2) is 7.19. The van der Waals surface area contributed by atoms with E-state index in [-0.39, 0.29) is 0 Å². The zero-order valence-corrected chi connectivity index (χ0v) is 13.0. The monoisotopic (exact) mass is 325 g/mol. The van der Waals surface area contributed by atoms with Gasteiger partial charge in [-0.25, -0.2) is 9.59 Å². The molecule has 0 atom stereocenters. The fourth-order valence-electron chi connectivity index (χ4n) is 1.84. The zero-order chi connectivity index (χ0) is 16.1. The molecule has 0 unspecified atom stereocenters. The number of halogens is 1. The molecule has 0 aliphatic carbocycles. The van der Waals surface area contributed by atoms with E-state index < -0.39 is 11.7 Å². The first-order valence-electron chi connectivity index (χ1n) is 6.67. The number of nitrogens with zero attached hydrogens (tertiary/aromatic N) is 5. The minimum absolute atomic E-state index is 0.367. The minimum Gasteiger partial charge on any atom is -0.383 e. The lowest BCUT2D eigenvalue weighted by Gasteiger charge is -2.18. The van der Waals surface area contributed by atoms with Crippen LogP contribution in [0.3, 0.4) is 0 Å². The molecule has 0 saturated carbocycles. The Bertz CT molecular complexity index is 694. The molecule has 0 fully saturated rings. The van der Waals surface area contributed by atoms with Crippen LogP contribution in [0.25, 0.3) is 5.69 Å². The maximum atomic E-state index is 12.3. The predicted octanol–water partition coefficient (Wildman–Crippen LogP) is 1.02. The number of amides is 1. The summed E-state index contributed by atoms with van der Waals surface area (Å²) in [5, 5.41) is 7.91. The van der Waals surface area contributed by atoms with Crippen LogP contribution in [-0.4, -0.2) is 57.5 Å². The lowest BCUT2D eigenvalue weighted by molar-refractivity contribution is 0.150. The summed E-state index contributed by atoms with van der Waals surface area (Å²) in [4.78, 5) is 26.0. The molecule has 0 spiro atoms. The van der Waals surface area contributed by atoms with E-state index >= 15 is 0 Å². The van der Waals surface area contributed by atoms with Crippen LogP contribution in [0.15, 0.2) is 29.1 Å². The summed E-state index contributed by atoms with van der Waals surface area (Å²) in [5.41, 5.74) is -0.156. The molecule has 9 heteroatoms. The van der Waals surface area contributed by atoms with E-state index in [1.165, 1.54) is 4.90 Å². The van der Waals surface area contributed by atoms with Gasteiger partial charge in [0, 0.05) is 25.2 Å². The van der Waals surface area contributed by atoms with E-state index in [4.69, 9.17) is 16.3 Å². The van der Waals surface area contributed by atoms with Gasteiger partial charge in [0.05, 0.1) is 12.3 Å². The maximum Gasteiger partial charge on any atom is 0.377 e. The van der Waals surface area contributed by atoms with Crippen molar-refractivity contribution in [1.82, 2.24) is 24.7 Å². The number of likely N-dealkylation sites (N-methyl/N-ethyl adjacent to an activating group) is 1. The van der Waals surface area contributed by atoms with Gasteiger partial charge in [0.1, 0.15) is 0 Å². The first-order chi connectivity index (χ1) is 10.6. The fraction of sp³-hybridized carbons (Fsp3) is 0.385. The lowest BCUT2D eigenvalue weighted by Crippen LogP contribution is -2.42. The Balaban J connectivity index is 2.28. The molecule has 1 heterocycles. The first-order valence-corrected chi connectivity index (χ1v) is 7.05. The Hall–Kier alpha value is -2.19. The molecule has 0 radical (unpaired) electrons. The van der Waals surface area contributed by atoms with Crippen LogP contribution in [0.5, 0.6) is 0 Å². The minimum atomic E-state index is -0.636. The molecule has 2 rings (SSSR count). The molecule has 22 heavy (non-hydrogen) atoms. The van der Waals surface area contributed by atoms with Crippen molar-refractivity contribution in [3.05, 3.63) is 39.8 Å². The summed E-state index contributed by atoms with van der Waals surface area (Å²) < 4.78 is 6.71. The van der Waals surface area contributed by atoms with Crippen LogP contribution in [-0.2, 0) is 4.74 Å². The van der Waals surface area contributed by atoms with Crippen molar-refractivity contribution in [2.24, 2.45) is 0 Å². The standard InChI is InChI=1S/C13H16ClN5O3/c1-3-17(8-9-22-2)12(20)19-13(21)18(15-16-19)11-6-4-10(14)5-7-11/h4-7H,3,8-9H2,1-2H3. The van der Waals surface area contributed by atoms with Gasteiger partial charge in [0.25, 0.3) is 0 Å². The van der Waals surface area contributed by atoms with Crippen LogP contribution < -0.4 is 5.69 Å². The lowest BCUT2D eigenvalue weighted by atomic mass is 10.3. The summed E-state index contributed by atoms with van der Waals surface area (Å²) in [5.74, 6) is 0. The van der Waals surface area contributed by atoms with Crippen molar-refractivity contribution >= 4 is 17.6 Å². The van der Waals surface area contributed by atoms with Crippen molar-refractivity contribution in [1.29, 1.82) is 0 Å². The number of tetrazole rings is 1. The topological polar surface area (TPSA) is 82.2 Å². The van der Waals surface area contributed by atoms with E-state index in [2.05, 4.69) is 10.4 Å². The van der Waals surface area contributed by atoms with Crippen molar-refractivity contribution in [3.8, 4) is 5.69 Å². The highest BCUT2D eigenvalue weighted by Crippen LogP contribution is 2.10. The van der Waals surface area contributed by atoms with E-state index in [1.807, 2.05) is 6.92 Å². The average Bonchev–Trinajstić information content (AvgIpc) is 2.90. The molecular formula is C13H16ClN5O3. The molecule has 0 saturated heterocycles. The number of benzene rings is 1. The molecule has 2 aromatic rings. The fourth-order valence-corrected chi connectivity index (χ4v) is 1.96. The number of rotatable bonds is 5. The molecule has 1 amide bonds. The third-order valence-electron chi connectivity index (χ3n) is 3.05. The number of carbonyl (C=O) groups excluding carboxylic acids is 1. The molecule has 0 bridgehead atoms. The average molecular weight is 326 g/mol. The molecule has 1 aromatic heterocycles. The Morgan fingerprint density at radius 3 is 2.59 bits per heavy atom. The van der Waals surface area contributed by atoms with E-state index in [0.29, 0.717) is 30.4 Å². The third-order valence-corrected chi connectivity index (χ3v) is 3.30. The van der Waals surface area contributed by atoms with Gasteiger partial charge in [0.2, 0.25) is 0 Å². The Kier molecular flexibility index (Phi) is 5.29. The van der Waals surface area contributed by atoms with Gasteiger partial charge in [-0.2, -0.15) is 4.68 Å². The van der Waals surface area contributed by atoms with Crippen molar-refractivity contribution < 1.29 is 9.53 Å². The van der Waals surface area contributed by atoms with Gasteiger partial charge in [-0.15, -0.1) is 4.68 Å². The summed E-state index contributed by atoms with van der Waals surface area (Å²) >= 11 is 5.80. The third kappa shape index (κ3) is 3.34. The van der Waals surface area contributed by atoms with Gasteiger partial charge in [-0.1, -0.05) is 11.6 Å². The Morgan fingerprint density at radius 1 is 1.32 bits per heavy atom. The number of aromatic nitrogens is 4. The maximum absolute atomic E-state index is 12.3. The molecule has 0 N–H and O–H groups in total. The first kappa shape index (κ1) is 16.2. The molecule has 118 valence electrons. The highest BCUT2D eigenvalue weighted by molar-refractivity contribution is 6.30. The smallest absolute Gasteiger partial charge is 0.377 e. The van der Waals surface area contributed by atoms with Gasteiger partial charge in [0.15, 0.2) is 0 Å². The van der Waals surface area contributed by atoms with Crippen LogP contribution in [0.2, 0.25) is 5.02 Å². The zero-order valence-electron chi connectivity index (χ0n) is 12.3. The number of hydrogen-bond acceptors (Lipinski definition) is 5. The van der Waals surface area contributed by atoms with E-state index in [9.17, 15) is 9.59 Å². The molecule has 8 nitrogen and oxygen atoms in total. The quantitative estimate of drug-likeness (QED) is 0.766. The van der Waals surface area contributed by atoms with Gasteiger partial charge in [-0.3, -0.25) is 0 Å². The predicted molar refractivity (Wildman–Crippen MR) is 80.5 cm³/mol. The van der Waals surface area contributed by atoms with Gasteiger partial charge >= 0.3 is 11.7 Å². The largest absolute Gasteiger partial charge is 0.383 e. The number of carbonyl (C=O) groups is 1. The van der Waals surface area contributed by atoms with Gasteiger partial charge in [-0.05, 0) is 41.6 Å². The normalized spacial score (nSPS) is 10.7. The highest BCUT2D eigenvalue weighted by atomic mass is 35.5. The number of hydrogen-bond donors (Lipinski definition) is 0. The Morgan fingerprint density at radius 2 is 2.00 bits per heavy atom. The molecule has 1 aromatic carbocycles. The molecular weight excluding hydrogens is 310 g/mol. The highest BCUT2D eigenvalue weighted by Gasteiger charge is 2.20.